The Hall–Kier alpha value is -2.57. The van der Waals surface area contributed by atoms with Crippen LogP contribution in [0.1, 0.15) is 10.4 Å². The number of phenolic OH excluding ortho intramolecular Hbond substituents is 1. The van der Waals surface area contributed by atoms with Crippen molar-refractivity contribution in [2.75, 3.05) is 33.8 Å². The largest absolute Gasteiger partial charge is 0.506 e. The van der Waals surface area contributed by atoms with Crippen LogP contribution < -0.4 is 0 Å². The zero-order valence-electron chi connectivity index (χ0n) is 15.2. The van der Waals surface area contributed by atoms with E-state index in [0.29, 0.717) is 18.7 Å². The molecule has 1 N–H and O–H groups in total. The number of ether oxygens (including phenoxy) is 1. The summed E-state index contributed by atoms with van der Waals surface area (Å²) in [5.74, 6) is -0.292. The summed E-state index contributed by atoms with van der Waals surface area (Å²) in [6.07, 6.45) is -0.642. The van der Waals surface area contributed by atoms with Crippen LogP contribution in [-0.4, -0.2) is 66.6 Å². The minimum atomic E-state index is -0.642. The Kier molecular flexibility index (Phi) is 5.68. The third kappa shape index (κ3) is 4.23. The molecule has 0 spiro atoms. The van der Waals surface area contributed by atoms with Gasteiger partial charge in [-0.2, -0.15) is 0 Å². The van der Waals surface area contributed by atoms with Crippen LogP contribution in [0.25, 0.3) is 11.1 Å². The number of hydrogen-bond donors (Lipinski definition) is 1. The normalized spacial score (nSPS) is 16.9. The van der Waals surface area contributed by atoms with Gasteiger partial charge in [0, 0.05) is 26.2 Å². The van der Waals surface area contributed by atoms with Crippen LogP contribution in [0.2, 0.25) is 5.02 Å². The molecule has 1 saturated heterocycles. The van der Waals surface area contributed by atoms with Gasteiger partial charge in [-0.1, -0.05) is 29.8 Å². The van der Waals surface area contributed by atoms with Crippen molar-refractivity contribution in [2.45, 2.75) is 6.10 Å². The van der Waals surface area contributed by atoms with E-state index in [-0.39, 0.29) is 29.1 Å². The molecule has 0 bridgehead atoms. The molecule has 1 aliphatic rings. The second-order valence-electron chi connectivity index (χ2n) is 6.59. The predicted molar refractivity (Wildman–Crippen MR) is 103 cm³/mol. The van der Waals surface area contributed by atoms with Gasteiger partial charge in [-0.05, 0) is 35.4 Å². The Balaban J connectivity index is 1.81. The molecule has 1 aliphatic heterocycles. The molecule has 6 nitrogen and oxygen atoms in total. The molecule has 0 saturated carbocycles. The number of carbonyl (C=O) groups excluding carboxylic acids is 2. The van der Waals surface area contributed by atoms with E-state index in [9.17, 15) is 14.7 Å². The van der Waals surface area contributed by atoms with Gasteiger partial charge in [0.05, 0.1) is 18.2 Å². The molecule has 1 fully saturated rings. The van der Waals surface area contributed by atoms with E-state index in [1.54, 1.807) is 49.3 Å². The summed E-state index contributed by atoms with van der Waals surface area (Å²) in [5, 5.41) is 9.83. The van der Waals surface area contributed by atoms with Crippen LogP contribution in [-0.2, 0) is 9.53 Å². The Morgan fingerprint density at radius 1 is 1.19 bits per heavy atom. The fraction of sp³-hybridized carbons (Fsp3) is 0.300. The Bertz CT molecular complexity index is 869. The van der Waals surface area contributed by atoms with Crippen LogP contribution in [0.3, 0.4) is 0 Å². The zero-order chi connectivity index (χ0) is 19.6. The molecule has 0 aromatic heterocycles. The lowest BCUT2D eigenvalue weighted by atomic mass is 10.0. The third-order valence-corrected chi connectivity index (χ3v) is 4.76. The summed E-state index contributed by atoms with van der Waals surface area (Å²) in [6.45, 7) is 0.986. The number of likely N-dealkylation sites (N-methyl/N-ethyl adjacent to an activating group) is 1. The maximum absolute atomic E-state index is 12.9. The summed E-state index contributed by atoms with van der Waals surface area (Å²) >= 11 is 5.98. The first-order chi connectivity index (χ1) is 12.9. The lowest BCUT2D eigenvalue weighted by molar-refractivity contribution is -0.145. The quantitative estimate of drug-likeness (QED) is 0.877. The number of nitrogens with zero attached hydrogens (tertiary/aromatic N) is 2. The number of amides is 2. The Morgan fingerprint density at radius 3 is 2.63 bits per heavy atom. The maximum atomic E-state index is 12.9. The van der Waals surface area contributed by atoms with Crippen LogP contribution >= 0.6 is 11.6 Å². The molecular formula is C20H21ClN2O4. The summed E-state index contributed by atoms with van der Waals surface area (Å²) < 4.78 is 5.51. The topological polar surface area (TPSA) is 70.1 Å². The first kappa shape index (κ1) is 19.2. The highest BCUT2D eigenvalue weighted by Crippen LogP contribution is 2.30. The number of morpholine rings is 1. The highest BCUT2D eigenvalue weighted by atomic mass is 35.5. The maximum Gasteiger partial charge on any atom is 0.254 e. The standard InChI is InChI=1S/C20H21ClN2O4/c1-22(2)20(26)18-12-23(8-9-27-18)19(25)15-5-3-4-13(10-15)14-6-7-17(24)16(21)11-14/h3-7,10-11,18,24H,8-9,12H2,1-2H3. The van der Waals surface area contributed by atoms with E-state index >= 15 is 0 Å². The molecule has 27 heavy (non-hydrogen) atoms. The summed E-state index contributed by atoms with van der Waals surface area (Å²) in [4.78, 5) is 28.2. The summed E-state index contributed by atoms with van der Waals surface area (Å²) in [5.41, 5.74) is 2.14. The molecule has 1 heterocycles. The second kappa shape index (κ2) is 7.98. The van der Waals surface area contributed by atoms with Crippen molar-refractivity contribution >= 4 is 23.4 Å². The fourth-order valence-corrected chi connectivity index (χ4v) is 3.15. The smallest absolute Gasteiger partial charge is 0.254 e. The van der Waals surface area contributed by atoms with Crippen molar-refractivity contribution in [2.24, 2.45) is 0 Å². The van der Waals surface area contributed by atoms with E-state index in [0.717, 1.165) is 11.1 Å². The average molecular weight is 389 g/mol. The molecule has 1 atom stereocenters. The zero-order valence-corrected chi connectivity index (χ0v) is 15.9. The van der Waals surface area contributed by atoms with Crippen molar-refractivity contribution in [3.63, 3.8) is 0 Å². The molecule has 2 amide bonds. The van der Waals surface area contributed by atoms with Crippen molar-refractivity contribution in [1.82, 2.24) is 9.80 Å². The first-order valence-corrected chi connectivity index (χ1v) is 8.95. The third-order valence-electron chi connectivity index (χ3n) is 4.46. The van der Waals surface area contributed by atoms with Crippen molar-refractivity contribution < 1.29 is 19.4 Å². The van der Waals surface area contributed by atoms with E-state index in [1.807, 2.05) is 6.07 Å². The predicted octanol–water partition coefficient (Wildman–Crippen LogP) is 2.64. The number of aromatic hydroxyl groups is 1. The molecule has 0 radical (unpaired) electrons. The van der Waals surface area contributed by atoms with Gasteiger partial charge >= 0.3 is 0 Å². The number of halogens is 1. The summed E-state index contributed by atoms with van der Waals surface area (Å²) in [7, 11) is 3.33. The molecule has 2 aromatic carbocycles. The molecule has 7 heteroatoms. The van der Waals surface area contributed by atoms with E-state index in [2.05, 4.69) is 0 Å². The van der Waals surface area contributed by atoms with Gasteiger partial charge in [0.1, 0.15) is 5.75 Å². The highest BCUT2D eigenvalue weighted by molar-refractivity contribution is 6.32. The lowest BCUT2D eigenvalue weighted by Crippen LogP contribution is -2.51. The lowest BCUT2D eigenvalue weighted by Gasteiger charge is -2.33. The number of benzene rings is 2. The van der Waals surface area contributed by atoms with Gasteiger partial charge in [0.2, 0.25) is 0 Å². The highest BCUT2D eigenvalue weighted by Gasteiger charge is 2.30. The average Bonchev–Trinajstić information content (AvgIpc) is 2.69. The van der Waals surface area contributed by atoms with Gasteiger partial charge in [-0.25, -0.2) is 0 Å². The van der Waals surface area contributed by atoms with Crippen LogP contribution in [0.15, 0.2) is 42.5 Å². The van der Waals surface area contributed by atoms with Crippen LogP contribution in [0.4, 0.5) is 0 Å². The molecule has 0 aliphatic carbocycles. The minimum absolute atomic E-state index is 0.0116. The van der Waals surface area contributed by atoms with Gasteiger partial charge in [-0.15, -0.1) is 0 Å². The van der Waals surface area contributed by atoms with Gasteiger partial charge in [0.15, 0.2) is 6.10 Å². The molecule has 142 valence electrons. The monoisotopic (exact) mass is 388 g/mol. The van der Waals surface area contributed by atoms with E-state index in [4.69, 9.17) is 16.3 Å². The van der Waals surface area contributed by atoms with E-state index in [1.165, 1.54) is 11.0 Å². The molecule has 3 rings (SSSR count). The fourth-order valence-electron chi connectivity index (χ4n) is 2.97. The Morgan fingerprint density at radius 2 is 1.93 bits per heavy atom. The van der Waals surface area contributed by atoms with Crippen LogP contribution in [0, 0.1) is 0 Å². The van der Waals surface area contributed by atoms with Crippen molar-refractivity contribution in [3.05, 3.63) is 53.1 Å². The summed E-state index contributed by atoms with van der Waals surface area (Å²) in [6, 6.07) is 12.1. The first-order valence-electron chi connectivity index (χ1n) is 8.58. The van der Waals surface area contributed by atoms with E-state index < -0.39 is 6.10 Å². The number of rotatable bonds is 3. The number of carbonyl (C=O) groups is 2. The number of hydrogen-bond acceptors (Lipinski definition) is 4. The van der Waals surface area contributed by atoms with Gasteiger partial charge < -0.3 is 19.6 Å². The molecule has 1 unspecified atom stereocenters. The van der Waals surface area contributed by atoms with Gasteiger partial charge in [-0.3, -0.25) is 9.59 Å². The number of phenols is 1. The van der Waals surface area contributed by atoms with Gasteiger partial charge in [0.25, 0.3) is 11.8 Å². The molecule has 2 aromatic rings. The van der Waals surface area contributed by atoms with Crippen LogP contribution in [0.5, 0.6) is 5.75 Å². The van der Waals surface area contributed by atoms with Crippen molar-refractivity contribution in [1.29, 1.82) is 0 Å². The Labute approximate surface area is 162 Å². The molecular weight excluding hydrogens is 368 g/mol. The van der Waals surface area contributed by atoms with Crippen molar-refractivity contribution in [3.8, 4) is 16.9 Å². The second-order valence-corrected chi connectivity index (χ2v) is 7.00. The minimum Gasteiger partial charge on any atom is -0.506 e. The SMILES string of the molecule is CN(C)C(=O)C1CN(C(=O)c2cccc(-c3ccc(O)c(Cl)c3)c2)CCO1.